The van der Waals surface area contributed by atoms with Crippen LogP contribution in [0.15, 0.2) is 30.4 Å². The molecule has 1 saturated heterocycles. The molecular formula is C16H23N2O3W-. The van der Waals surface area contributed by atoms with Crippen molar-refractivity contribution < 1.29 is 35.4 Å². The van der Waals surface area contributed by atoms with E-state index in [0.29, 0.717) is 12.0 Å². The Balaban J connectivity index is 0. The topological polar surface area (TPSA) is 66.5 Å². The largest absolute Gasteiger partial charge is 0.394 e. The fourth-order valence-corrected chi connectivity index (χ4v) is 1.75. The van der Waals surface area contributed by atoms with E-state index in [1.54, 1.807) is 13.0 Å². The van der Waals surface area contributed by atoms with E-state index >= 15 is 0 Å². The molecule has 1 fully saturated rings. The van der Waals surface area contributed by atoms with E-state index in [1.807, 2.05) is 13.8 Å². The van der Waals surface area contributed by atoms with Gasteiger partial charge in [-0.3, -0.25) is 14.5 Å². The van der Waals surface area contributed by atoms with Crippen LogP contribution in [0.1, 0.15) is 33.6 Å². The number of allylic oxidation sites excluding steroid dienone is 3. The number of likely N-dealkylation sites (N-methyl/N-ethyl adjacent to an activating group) is 1. The van der Waals surface area contributed by atoms with Crippen molar-refractivity contribution >= 4 is 17.7 Å². The molecule has 0 aromatic rings. The molecule has 1 unspecified atom stereocenters. The number of hydrogen-bond acceptors (Lipinski definition) is 3. The number of rotatable bonds is 4. The van der Waals surface area contributed by atoms with E-state index in [2.05, 4.69) is 18.0 Å². The molecule has 0 radical (unpaired) electrons. The van der Waals surface area contributed by atoms with E-state index in [4.69, 9.17) is 0 Å². The number of nitrogens with zero attached hydrogens (tertiary/aromatic N) is 1. The maximum atomic E-state index is 12.0. The number of carbonyl (C=O) groups is 3. The molecule has 0 saturated carbocycles. The van der Waals surface area contributed by atoms with Gasteiger partial charge in [0.15, 0.2) is 0 Å². The molecule has 0 aliphatic carbocycles. The van der Waals surface area contributed by atoms with E-state index < -0.39 is 11.9 Å². The van der Waals surface area contributed by atoms with Gasteiger partial charge < -0.3 is 10.1 Å². The number of likely N-dealkylation sites (tertiary alicyclic amines) is 1. The van der Waals surface area contributed by atoms with Crippen molar-refractivity contribution in [2.75, 3.05) is 7.05 Å². The Bertz CT molecular complexity index is 470. The van der Waals surface area contributed by atoms with Gasteiger partial charge in [0.05, 0.1) is 6.04 Å². The zero-order valence-electron chi connectivity index (χ0n) is 13.5. The second-order valence-electron chi connectivity index (χ2n) is 4.10. The molecule has 0 aromatic carbocycles. The van der Waals surface area contributed by atoms with Crippen molar-refractivity contribution in [3.63, 3.8) is 0 Å². The number of nitrogens with one attached hydrogen (secondary N) is 1. The first-order valence-electron chi connectivity index (χ1n) is 6.99. The maximum absolute atomic E-state index is 12.0. The molecule has 0 bridgehead atoms. The summed E-state index contributed by atoms with van der Waals surface area (Å²) >= 11 is 0. The smallest absolute Gasteiger partial charge is 0.250 e. The summed E-state index contributed by atoms with van der Waals surface area (Å²) in [5.41, 5.74) is 0.296. The Morgan fingerprint density at radius 1 is 1.41 bits per heavy atom. The molecule has 1 N–H and O–H groups in total. The third-order valence-corrected chi connectivity index (χ3v) is 2.78. The Labute approximate surface area is 146 Å². The number of piperidine rings is 1. The second-order valence-corrected chi connectivity index (χ2v) is 4.10. The number of hydrogen-bond donors (Lipinski definition) is 1. The molecule has 22 heavy (non-hydrogen) atoms. The molecule has 1 atom stereocenters. The van der Waals surface area contributed by atoms with Crippen LogP contribution < -0.4 is 5.32 Å². The van der Waals surface area contributed by atoms with Crippen LogP contribution in [0.3, 0.4) is 0 Å². The summed E-state index contributed by atoms with van der Waals surface area (Å²) in [7, 11) is 1.42. The first-order valence-corrected chi connectivity index (χ1v) is 6.99. The van der Waals surface area contributed by atoms with Crippen LogP contribution in [0.5, 0.6) is 0 Å². The van der Waals surface area contributed by atoms with Gasteiger partial charge in [-0.25, -0.2) is 0 Å². The Morgan fingerprint density at radius 3 is 2.50 bits per heavy atom. The van der Waals surface area contributed by atoms with E-state index in [1.165, 1.54) is 19.2 Å². The summed E-state index contributed by atoms with van der Waals surface area (Å²) in [6.07, 6.45) is 7.94. The van der Waals surface area contributed by atoms with E-state index in [0.717, 1.165) is 4.90 Å². The van der Waals surface area contributed by atoms with Gasteiger partial charge in [-0.2, -0.15) is 12.2 Å². The molecule has 122 valence electrons. The van der Waals surface area contributed by atoms with Gasteiger partial charge in [-0.1, -0.05) is 20.8 Å². The molecular weight excluding hydrogens is 452 g/mol. The van der Waals surface area contributed by atoms with E-state index in [9.17, 15) is 14.4 Å². The third kappa shape index (κ3) is 6.52. The van der Waals surface area contributed by atoms with Gasteiger partial charge in [0.2, 0.25) is 5.91 Å². The van der Waals surface area contributed by atoms with Crippen LogP contribution in [0.25, 0.3) is 0 Å². The quantitative estimate of drug-likeness (QED) is 0.292. The zero-order chi connectivity index (χ0) is 16.4. The molecule has 3 amide bonds. The standard InChI is InChI=1S/C14H17N2O3.C2H6.W/c1-4-6-10(7-5-2)13(18)15-11-8-9-12(17)16(3)14(11)19;1-2;/h4-6,11H,1,8-9H2,2-3H3,(H,15,18);1-2H3;/q-1;;/b10-6+;;. The maximum Gasteiger partial charge on any atom is 0.250 e. The fraction of sp³-hybridized carbons (Fsp3) is 0.438. The summed E-state index contributed by atoms with van der Waals surface area (Å²) in [5.74, 6) is -1.01. The molecule has 1 aliphatic heterocycles. The van der Waals surface area contributed by atoms with Gasteiger partial charge in [0.1, 0.15) is 5.91 Å². The van der Waals surface area contributed by atoms with Crippen LogP contribution in [0.2, 0.25) is 0 Å². The van der Waals surface area contributed by atoms with Gasteiger partial charge >= 0.3 is 0 Å². The summed E-state index contributed by atoms with van der Waals surface area (Å²) in [6.45, 7) is 9.26. The first kappa shape index (κ1) is 22.8. The Morgan fingerprint density at radius 2 is 2.00 bits per heavy atom. The van der Waals surface area contributed by atoms with Crippen LogP contribution in [-0.2, 0) is 35.4 Å². The normalized spacial score (nSPS) is 18.3. The summed E-state index contributed by atoms with van der Waals surface area (Å²) < 4.78 is 0. The van der Waals surface area contributed by atoms with E-state index in [-0.39, 0.29) is 39.3 Å². The van der Waals surface area contributed by atoms with Crippen LogP contribution in [0, 0.1) is 6.08 Å². The van der Waals surface area contributed by atoms with Gasteiger partial charge in [-0.05, 0) is 6.42 Å². The predicted molar refractivity (Wildman–Crippen MR) is 82.1 cm³/mol. The zero-order valence-corrected chi connectivity index (χ0v) is 16.4. The SMILES string of the molecule is C=C/C=C(\[C-]=CC)C(=O)NC1CCC(=O)N(C)C1=O.CC.[W]. The van der Waals surface area contributed by atoms with Crippen molar-refractivity contribution in [2.45, 2.75) is 39.7 Å². The van der Waals surface area contributed by atoms with Crippen molar-refractivity contribution in [3.05, 3.63) is 36.5 Å². The second kappa shape index (κ2) is 12.1. The fourth-order valence-electron chi connectivity index (χ4n) is 1.75. The summed E-state index contributed by atoms with van der Waals surface area (Å²) in [6, 6.07) is -0.665. The minimum Gasteiger partial charge on any atom is -0.394 e. The Kier molecular flexibility index (Phi) is 12.5. The number of carbonyl (C=O) groups excluding carboxylic acids is 3. The first-order chi connectivity index (χ1) is 10.0. The molecule has 6 heteroatoms. The molecule has 1 heterocycles. The van der Waals surface area contributed by atoms with Crippen molar-refractivity contribution in [1.29, 1.82) is 0 Å². The van der Waals surface area contributed by atoms with Gasteiger partial charge in [-0.15, -0.1) is 24.3 Å². The van der Waals surface area contributed by atoms with Crippen molar-refractivity contribution in [1.82, 2.24) is 10.2 Å². The van der Waals surface area contributed by atoms with Crippen LogP contribution in [0.4, 0.5) is 0 Å². The molecule has 0 aromatic heterocycles. The van der Waals surface area contributed by atoms with Gasteiger partial charge in [0.25, 0.3) is 5.91 Å². The Hall–Kier alpha value is -1.48. The third-order valence-electron chi connectivity index (χ3n) is 2.78. The van der Waals surface area contributed by atoms with Gasteiger partial charge in [0, 0.05) is 34.5 Å². The minimum absolute atomic E-state index is 0. The van der Waals surface area contributed by atoms with Crippen LogP contribution in [-0.4, -0.2) is 35.7 Å². The minimum atomic E-state index is -0.665. The summed E-state index contributed by atoms with van der Waals surface area (Å²) in [4.78, 5) is 36.2. The number of amides is 3. The average molecular weight is 475 g/mol. The monoisotopic (exact) mass is 475 g/mol. The molecule has 5 nitrogen and oxygen atoms in total. The van der Waals surface area contributed by atoms with Crippen LogP contribution >= 0.6 is 0 Å². The molecule has 0 spiro atoms. The average Bonchev–Trinajstić information content (AvgIpc) is 2.49. The molecule has 1 rings (SSSR count). The summed E-state index contributed by atoms with van der Waals surface area (Å²) in [5, 5.41) is 2.61. The predicted octanol–water partition coefficient (Wildman–Crippen LogP) is 1.77. The molecule has 1 aliphatic rings. The van der Waals surface area contributed by atoms with Crippen molar-refractivity contribution in [2.24, 2.45) is 0 Å². The van der Waals surface area contributed by atoms with Crippen molar-refractivity contribution in [3.8, 4) is 0 Å². The number of imide groups is 1.